The predicted molar refractivity (Wildman–Crippen MR) is 138 cm³/mol. The quantitative estimate of drug-likeness (QED) is 0.0645. The van der Waals surface area contributed by atoms with E-state index in [0.29, 0.717) is 36.7 Å². The molecule has 0 heterocycles. The maximum Gasteiger partial charge on any atom is 0.330 e. The molecule has 0 aromatic heterocycles. The van der Waals surface area contributed by atoms with Crippen molar-refractivity contribution >= 4 is 11.8 Å². The van der Waals surface area contributed by atoms with Gasteiger partial charge in [0.05, 0.1) is 26.4 Å². The second kappa shape index (κ2) is 19.2. The molecule has 0 saturated carbocycles. The van der Waals surface area contributed by atoms with Crippen molar-refractivity contribution in [3.05, 3.63) is 78.9 Å². The summed E-state index contributed by atoms with van der Waals surface area (Å²) in [4.78, 5) is 23.5. The van der Waals surface area contributed by atoms with Crippen LogP contribution in [-0.2, 0) is 28.5 Å². The molecule has 1 rings (SSSR count). The van der Waals surface area contributed by atoms with Crippen molar-refractivity contribution < 1.29 is 38.0 Å². The van der Waals surface area contributed by atoms with Gasteiger partial charge in [-0.3, -0.25) is 4.79 Å². The number of ether oxygens (including phenoxy) is 6. The number of hydrogen-bond acceptors (Lipinski definition) is 8. The lowest BCUT2D eigenvalue weighted by molar-refractivity contribution is -0.162. The monoisotopic (exact) mass is 502 g/mol. The van der Waals surface area contributed by atoms with Gasteiger partial charge in [-0.05, 0) is 45.0 Å². The molecule has 0 fully saturated rings. The standard InChI is InChI=1S/C28H38O8/c1-6-10-11-23(7-2)28(30)24-12-14-25(15-13-24)36-21-26(32-9-4)20-35-22(5)33-18-16-31-17-19-34-27(29)8-3/h6-8,10-15,22,26H,1,3,9,16-21H2,2,4-5H3/b11-10-,23-7+. The lowest BCUT2D eigenvalue weighted by Crippen LogP contribution is -2.30. The molecule has 0 N–H and O–H groups in total. The molecule has 8 nitrogen and oxygen atoms in total. The number of ketones is 1. The summed E-state index contributed by atoms with van der Waals surface area (Å²) in [5.74, 6) is 0.0748. The molecule has 0 aliphatic rings. The second-order valence-corrected chi connectivity index (χ2v) is 7.34. The summed E-state index contributed by atoms with van der Waals surface area (Å²) in [5, 5.41) is 0. The van der Waals surface area contributed by atoms with Crippen molar-refractivity contribution in [2.24, 2.45) is 0 Å². The van der Waals surface area contributed by atoms with E-state index in [1.54, 1.807) is 55.5 Å². The smallest absolute Gasteiger partial charge is 0.330 e. The van der Waals surface area contributed by atoms with Gasteiger partial charge < -0.3 is 28.4 Å². The largest absolute Gasteiger partial charge is 0.491 e. The number of rotatable bonds is 20. The second-order valence-electron chi connectivity index (χ2n) is 7.34. The average molecular weight is 503 g/mol. The summed E-state index contributed by atoms with van der Waals surface area (Å²) in [6.45, 7) is 14.6. The zero-order valence-corrected chi connectivity index (χ0v) is 21.5. The van der Waals surface area contributed by atoms with Crippen LogP contribution < -0.4 is 4.74 Å². The first-order valence-electron chi connectivity index (χ1n) is 11.9. The minimum absolute atomic E-state index is 0.0711. The molecule has 0 saturated heterocycles. The number of hydrogen-bond donors (Lipinski definition) is 0. The molecule has 2 unspecified atom stereocenters. The van der Waals surface area contributed by atoms with Crippen molar-refractivity contribution in [3.8, 4) is 5.75 Å². The number of carbonyl (C=O) groups is 2. The number of allylic oxidation sites excluding steroid dienone is 5. The third kappa shape index (κ3) is 13.2. The lowest BCUT2D eigenvalue weighted by atomic mass is 10.0. The lowest BCUT2D eigenvalue weighted by Gasteiger charge is -2.21. The van der Waals surface area contributed by atoms with Gasteiger partial charge in [0.15, 0.2) is 12.1 Å². The van der Waals surface area contributed by atoms with E-state index in [2.05, 4.69) is 13.2 Å². The Morgan fingerprint density at radius 3 is 2.33 bits per heavy atom. The summed E-state index contributed by atoms with van der Waals surface area (Å²) in [7, 11) is 0. The van der Waals surface area contributed by atoms with E-state index in [-0.39, 0.29) is 38.3 Å². The van der Waals surface area contributed by atoms with Gasteiger partial charge in [0, 0.05) is 23.8 Å². The molecule has 1 aromatic carbocycles. The van der Waals surface area contributed by atoms with E-state index < -0.39 is 12.3 Å². The Kier molecular flexibility index (Phi) is 16.5. The maximum absolute atomic E-state index is 12.6. The Morgan fingerprint density at radius 1 is 0.972 bits per heavy atom. The minimum Gasteiger partial charge on any atom is -0.491 e. The van der Waals surface area contributed by atoms with E-state index in [1.165, 1.54) is 0 Å². The molecule has 1 aromatic rings. The fourth-order valence-corrected chi connectivity index (χ4v) is 2.84. The Labute approximate surface area is 214 Å². The highest BCUT2D eigenvalue weighted by molar-refractivity contribution is 6.10. The van der Waals surface area contributed by atoms with E-state index in [4.69, 9.17) is 28.4 Å². The minimum atomic E-state index is -0.479. The van der Waals surface area contributed by atoms with E-state index >= 15 is 0 Å². The fourth-order valence-electron chi connectivity index (χ4n) is 2.84. The molecule has 0 radical (unpaired) electrons. The van der Waals surface area contributed by atoms with Gasteiger partial charge in [0.1, 0.15) is 25.1 Å². The maximum atomic E-state index is 12.6. The predicted octanol–water partition coefficient (Wildman–Crippen LogP) is 4.47. The Balaban J connectivity index is 2.38. The van der Waals surface area contributed by atoms with Gasteiger partial charge in [-0.2, -0.15) is 0 Å². The van der Waals surface area contributed by atoms with Gasteiger partial charge >= 0.3 is 5.97 Å². The van der Waals surface area contributed by atoms with Crippen LogP contribution in [0.1, 0.15) is 31.1 Å². The topological polar surface area (TPSA) is 89.5 Å². The van der Waals surface area contributed by atoms with Gasteiger partial charge in [-0.15, -0.1) is 0 Å². The number of Topliss-reactive ketones (excluding diaryl/α,β-unsaturated/α-hetero) is 1. The highest BCUT2D eigenvalue weighted by Gasteiger charge is 2.14. The zero-order valence-electron chi connectivity index (χ0n) is 21.5. The first-order valence-corrected chi connectivity index (χ1v) is 11.9. The van der Waals surface area contributed by atoms with Crippen molar-refractivity contribution in [3.63, 3.8) is 0 Å². The molecule has 36 heavy (non-hydrogen) atoms. The summed E-state index contributed by atoms with van der Waals surface area (Å²) >= 11 is 0. The van der Waals surface area contributed by atoms with Crippen molar-refractivity contribution in [1.82, 2.24) is 0 Å². The molecular weight excluding hydrogens is 464 g/mol. The highest BCUT2D eigenvalue weighted by atomic mass is 16.7. The van der Waals surface area contributed by atoms with Crippen LogP contribution in [0, 0.1) is 0 Å². The SMILES string of the molecule is C=C/C=C\C(=C/C)C(=O)c1ccc(OCC(COC(C)OCCOCCOC(=O)C=C)OCC)cc1. The van der Waals surface area contributed by atoms with Gasteiger partial charge in [0.2, 0.25) is 0 Å². The van der Waals surface area contributed by atoms with Crippen molar-refractivity contribution in [2.45, 2.75) is 33.2 Å². The fraction of sp³-hybridized carbons (Fsp3) is 0.429. The van der Waals surface area contributed by atoms with Crippen LogP contribution in [0.3, 0.4) is 0 Å². The summed E-state index contributed by atoms with van der Waals surface area (Å²) in [6, 6.07) is 6.98. The van der Waals surface area contributed by atoms with Gasteiger partial charge in [-0.1, -0.05) is 37.5 Å². The summed E-state index contributed by atoms with van der Waals surface area (Å²) < 4.78 is 32.9. The average Bonchev–Trinajstić information content (AvgIpc) is 2.90. The van der Waals surface area contributed by atoms with E-state index in [0.717, 1.165) is 6.08 Å². The molecule has 0 aliphatic carbocycles. The molecule has 0 amide bonds. The van der Waals surface area contributed by atoms with E-state index in [9.17, 15) is 9.59 Å². The van der Waals surface area contributed by atoms with Crippen LogP contribution in [0.25, 0.3) is 0 Å². The number of esters is 1. The van der Waals surface area contributed by atoms with Crippen LogP contribution in [0.15, 0.2) is 73.4 Å². The Bertz CT molecular complexity index is 857. The van der Waals surface area contributed by atoms with Crippen LogP contribution >= 0.6 is 0 Å². The third-order valence-corrected chi connectivity index (χ3v) is 4.68. The summed E-state index contributed by atoms with van der Waals surface area (Å²) in [6.07, 6.45) is 7.20. The molecule has 2 atom stereocenters. The molecular formula is C28H38O8. The Morgan fingerprint density at radius 2 is 1.69 bits per heavy atom. The highest BCUT2D eigenvalue weighted by Crippen LogP contribution is 2.16. The molecule has 198 valence electrons. The summed E-state index contributed by atoms with van der Waals surface area (Å²) in [5.41, 5.74) is 1.16. The molecule has 0 aliphatic heterocycles. The van der Waals surface area contributed by atoms with Gasteiger partial charge in [-0.25, -0.2) is 4.79 Å². The van der Waals surface area contributed by atoms with Crippen LogP contribution in [0.2, 0.25) is 0 Å². The van der Waals surface area contributed by atoms with Crippen molar-refractivity contribution in [1.29, 1.82) is 0 Å². The van der Waals surface area contributed by atoms with Crippen LogP contribution in [-0.4, -0.2) is 70.4 Å². The Hall–Kier alpha value is -3.04. The van der Waals surface area contributed by atoms with Crippen LogP contribution in [0.5, 0.6) is 5.75 Å². The molecule has 8 heteroatoms. The molecule has 0 bridgehead atoms. The van der Waals surface area contributed by atoms with E-state index in [1.807, 2.05) is 13.8 Å². The third-order valence-electron chi connectivity index (χ3n) is 4.68. The number of benzene rings is 1. The zero-order chi connectivity index (χ0) is 26.6. The van der Waals surface area contributed by atoms with Gasteiger partial charge in [0.25, 0.3) is 0 Å². The first kappa shape index (κ1) is 31.0. The first-order chi connectivity index (χ1) is 17.4. The van der Waals surface area contributed by atoms with Crippen molar-refractivity contribution in [2.75, 3.05) is 46.2 Å². The van der Waals surface area contributed by atoms with Crippen LogP contribution in [0.4, 0.5) is 0 Å². The number of carbonyl (C=O) groups excluding carboxylic acids is 2. The molecule has 0 spiro atoms. The normalized spacial score (nSPS) is 13.2.